The molecule has 1 rings (SSSR count). The molecule has 0 aliphatic heterocycles. The zero-order chi connectivity index (χ0) is 13.4. The van der Waals surface area contributed by atoms with Crippen LogP contribution in [-0.4, -0.2) is 36.3 Å². The first kappa shape index (κ1) is 14.7. The highest BCUT2D eigenvalue weighted by Crippen LogP contribution is 2.15. The van der Waals surface area contributed by atoms with Crippen molar-refractivity contribution in [3.63, 3.8) is 0 Å². The number of aliphatic hydroxyl groups excluding tert-OH is 1. The maximum Gasteiger partial charge on any atom is 0.129 e. The van der Waals surface area contributed by atoms with Crippen LogP contribution in [0.3, 0.4) is 0 Å². The van der Waals surface area contributed by atoms with Crippen molar-refractivity contribution in [1.29, 1.82) is 0 Å². The number of pyridine rings is 1. The normalized spacial score (nSPS) is 10.4. The summed E-state index contributed by atoms with van der Waals surface area (Å²) < 4.78 is 0. The molecule has 0 fully saturated rings. The molecule has 18 heavy (non-hydrogen) atoms. The fourth-order valence-corrected chi connectivity index (χ4v) is 1.83. The van der Waals surface area contributed by atoms with E-state index in [0.717, 1.165) is 24.6 Å². The van der Waals surface area contributed by atoms with Gasteiger partial charge in [-0.05, 0) is 31.2 Å². The number of aromatic nitrogens is 1. The van der Waals surface area contributed by atoms with E-state index in [0.29, 0.717) is 13.1 Å². The van der Waals surface area contributed by atoms with Gasteiger partial charge in [0.2, 0.25) is 0 Å². The van der Waals surface area contributed by atoms with E-state index in [1.807, 2.05) is 17.9 Å². The summed E-state index contributed by atoms with van der Waals surface area (Å²) in [6.07, 6.45) is 1.82. The van der Waals surface area contributed by atoms with Gasteiger partial charge in [-0.3, -0.25) is 0 Å². The third-order valence-corrected chi connectivity index (χ3v) is 2.62. The third kappa shape index (κ3) is 4.47. The average molecular weight is 249 g/mol. The van der Waals surface area contributed by atoms with Gasteiger partial charge in [-0.1, -0.05) is 13.0 Å². The first-order valence-corrected chi connectivity index (χ1v) is 6.36. The van der Waals surface area contributed by atoms with E-state index < -0.39 is 0 Å². The largest absolute Gasteiger partial charge is 0.395 e. The number of aryl methyl sites for hydroxylation is 1. The summed E-state index contributed by atoms with van der Waals surface area (Å²) >= 11 is 0. The molecule has 4 nitrogen and oxygen atoms in total. The first-order chi connectivity index (χ1) is 8.71. The fraction of sp³-hybridized carbons (Fsp3) is 0.500. The highest BCUT2D eigenvalue weighted by Gasteiger charge is 2.07. The van der Waals surface area contributed by atoms with Gasteiger partial charge in [0.15, 0.2) is 0 Å². The molecule has 0 spiro atoms. The lowest BCUT2D eigenvalue weighted by atomic mass is 10.2. The van der Waals surface area contributed by atoms with Gasteiger partial charge in [-0.15, -0.1) is 6.58 Å². The van der Waals surface area contributed by atoms with Crippen LogP contribution in [0.25, 0.3) is 0 Å². The highest BCUT2D eigenvalue weighted by atomic mass is 16.3. The molecule has 0 bridgehead atoms. The van der Waals surface area contributed by atoms with Gasteiger partial charge in [-0.2, -0.15) is 0 Å². The molecule has 0 atom stereocenters. The fourth-order valence-electron chi connectivity index (χ4n) is 1.83. The second-order valence-corrected chi connectivity index (χ2v) is 4.21. The number of anilines is 1. The molecule has 4 heteroatoms. The van der Waals surface area contributed by atoms with Crippen LogP contribution in [0.5, 0.6) is 0 Å². The topological polar surface area (TPSA) is 48.4 Å². The standard InChI is InChI=1S/C14H23N3O/c1-4-6-17(7-8-18)14-10-13(11-15-5-2)9-12(3)16-14/h4,9-10,15,18H,1,5-8,11H2,2-3H3. The summed E-state index contributed by atoms with van der Waals surface area (Å²) in [6, 6.07) is 4.14. The van der Waals surface area contributed by atoms with Gasteiger partial charge in [0.25, 0.3) is 0 Å². The molecule has 1 heterocycles. The molecular weight excluding hydrogens is 226 g/mol. The van der Waals surface area contributed by atoms with E-state index in [4.69, 9.17) is 5.11 Å². The number of hydrogen-bond donors (Lipinski definition) is 2. The van der Waals surface area contributed by atoms with Gasteiger partial charge in [-0.25, -0.2) is 4.98 Å². The maximum absolute atomic E-state index is 9.09. The minimum Gasteiger partial charge on any atom is -0.395 e. The summed E-state index contributed by atoms with van der Waals surface area (Å²) in [7, 11) is 0. The van der Waals surface area contributed by atoms with Crippen molar-refractivity contribution in [3.05, 3.63) is 36.0 Å². The van der Waals surface area contributed by atoms with Crippen molar-refractivity contribution in [2.24, 2.45) is 0 Å². The van der Waals surface area contributed by atoms with Crippen LogP contribution < -0.4 is 10.2 Å². The van der Waals surface area contributed by atoms with Crippen molar-refractivity contribution in [2.75, 3.05) is 31.1 Å². The van der Waals surface area contributed by atoms with Crippen molar-refractivity contribution in [2.45, 2.75) is 20.4 Å². The summed E-state index contributed by atoms with van der Waals surface area (Å²) in [4.78, 5) is 6.54. The average Bonchev–Trinajstić information content (AvgIpc) is 2.35. The molecule has 0 aliphatic carbocycles. The van der Waals surface area contributed by atoms with Crippen LogP contribution >= 0.6 is 0 Å². The molecule has 1 aromatic rings. The predicted molar refractivity (Wildman–Crippen MR) is 75.9 cm³/mol. The van der Waals surface area contributed by atoms with Crippen LogP contribution in [0.4, 0.5) is 5.82 Å². The second kappa shape index (κ2) is 7.84. The minimum absolute atomic E-state index is 0.117. The molecule has 0 aromatic carbocycles. The Balaban J connectivity index is 2.90. The number of rotatable bonds is 8. The Morgan fingerprint density at radius 1 is 1.50 bits per heavy atom. The molecular formula is C14H23N3O. The summed E-state index contributed by atoms with van der Waals surface area (Å²) in [5.74, 6) is 0.900. The summed E-state index contributed by atoms with van der Waals surface area (Å²) in [5.41, 5.74) is 2.21. The lowest BCUT2D eigenvalue weighted by Gasteiger charge is -2.22. The molecule has 2 N–H and O–H groups in total. The maximum atomic E-state index is 9.09. The van der Waals surface area contributed by atoms with E-state index in [-0.39, 0.29) is 6.61 Å². The van der Waals surface area contributed by atoms with Crippen LogP contribution in [-0.2, 0) is 6.54 Å². The number of nitrogens with zero attached hydrogens (tertiary/aromatic N) is 2. The molecule has 0 radical (unpaired) electrons. The Morgan fingerprint density at radius 2 is 2.28 bits per heavy atom. The van der Waals surface area contributed by atoms with Gasteiger partial charge >= 0.3 is 0 Å². The van der Waals surface area contributed by atoms with Crippen LogP contribution in [0, 0.1) is 6.92 Å². The number of hydrogen-bond acceptors (Lipinski definition) is 4. The van der Waals surface area contributed by atoms with Gasteiger partial charge < -0.3 is 15.3 Å². The van der Waals surface area contributed by atoms with Gasteiger partial charge in [0, 0.05) is 25.3 Å². The van der Waals surface area contributed by atoms with Gasteiger partial charge in [0.1, 0.15) is 5.82 Å². The molecule has 100 valence electrons. The van der Waals surface area contributed by atoms with E-state index >= 15 is 0 Å². The van der Waals surface area contributed by atoms with Crippen LogP contribution in [0.1, 0.15) is 18.2 Å². The van der Waals surface area contributed by atoms with E-state index in [2.05, 4.69) is 35.9 Å². The number of nitrogens with one attached hydrogen (secondary N) is 1. The Kier molecular flexibility index (Phi) is 6.39. The summed E-state index contributed by atoms with van der Waals surface area (Å²) in [6.45, 7) is 11.0. The number of aliphatic hydroxyl groups is 1. The van der Waals surface area contributed by atoms with Gasteiger partial charge in [0.05, 0.1) is 6.61 Å². The Labute approximate surface area is 109 Å². The lowest BCUT2D eigenvalue weighted by Crippen LogP contribution is -2.28. The zero-order valence-corrected chi connectivity index (χ0v) is 11.3. The van der Waals surface area contributed by atoms with E-state index in [1.165, 1.54) is 5.56 Å². The molecule has 0 amide bonds. The van der Waals surface area contributed by atoms with E-state index in [9.17, 15) is 0 Å². The molecule has 0 aliphatic rings. The second-order valence-electron chi connectivity index (χ2n) is 4.21. The highest BCUT2D eigenvalue weighted by molar-refractivity contribution is 5.43. The SMILES string of the molecule is C=CCN(CCO)c1cc(CNCC)cc(C)n1. The predicted octanol–water partition coefficient (Wildman–Crippen LogP) is 1.48. The molecule has 0 saturated carbocycles. The van der Waals surface area contributed by atoms with E-state index in [1.54, 1.807) is 0 Å². The smallest absolute Gasteiger partial charge is 0.129 e. The Bertz CT molecular complexity index is 379. The molecule has 0 unspecified atom stereocenters. The quantitative estimate of drug-likeness (QED) is 0.685. The van der Waals surface area contributed by atoms with Crippen molar-refractivity contribution in [3.8, 4) is 0 Å². The van der Waals surface area contributed by atoms with Crippen LogP contribution in [0.2, 0.25) is 0 Å². The summed E-state index contributed by atoms with van der Waals surface area (Å²) in [5, 5.41) is 12.4. The minimum atomic E-state index is 0.117. The molecule has 0 saturated heterocycles. The third-order valence-electron chi connectivity index (χ3n) is 2.62. The Hall–Kier alpha value is -1.39. The van der Waals surface area contributed by atoms with Crippen molar-refractivity contribution < 1.29 is 5.11 Å². The molecule has 1 aromatic heterocycles. The van der Waals surface area contributed by atoms with Crippen LogP contribution in [0.15, 0.2) is 24.8 Å². The first-order valence-electron chi connectivity index (χ1n) is 6.36. The zero-order valence-electron chi connectivity index (χ0n) is 11.3. The monoisotopic (exact) mass is 249 g/mol. The van der Waals surface area contributed by atoms with Crippen molar-refractivity contribution >= 4 is 5.82 Å². The van der Waals surface area contributed by atoms with Crippen molar-refractivity contribution in [1.82, 2.24) is 10.3 Å². The lowest BCUT2D eigenvalue weighted by molar-refractivity contribution is 0.302. The Morgan fingerprint density at radius 3 is 2.89 bits per heavy atom.